The van der Waals surface area contributed by atoms with E-state index in [-0.39, 0.29) is 11.8 Å². The van der Waals surface area contributed by atoms with E-state index < -0.39 is 0 Å². The zero-order chi connectivity index (χ0) is 7.56. The van der Waals surface area contributed by atoms with Crippen LogP contribution in [0.15, 0.2) is 24.4 Å². The fourth-order valence-electron chi connectivity index (χ4n) is 0.708. The molecule has 52 valence electrons. The first-order valence-electron chi connectivity index (χ1n) is 2.94. The average Bonchev–Trinajstić information content (AvgIpc) is 2.20. The molecule has 0 unspecified atom stereocenters. The van der Waals surface area contributed by atoms with Gasteiger partial charge in [-0.1, -0.05) is 6.08 Å². The number of hydrogen-bond acceptors (Lipinski definition) is 2. The molecular weight excluding hydrogens is 130 g/mol. The van der Waals surface area contributed by atoms with Crippen molar-refractivity contribution in [3.05, 3.63) is 24.4 Å². The van der Waals surface area contributed by atoms with Crippen molar-refractivity contribution in [2.24, 2.45) is 0 Å². The van der Waals surface area contributed by atoms with Crippen LogP contribution in [0, 0.1) is 0 Å². The van der Waals surface area contributed by atoms with Gasteiger partial charge in [-0.25, -0.2) is 0 Å². The van der Waals surface area contributed by atoms with Crippen molar-refractivity contribution >= 4 is 11.8 Å². The van der Waals surface area contributed by atoms with E-state index in [2.05, 4.69) is 0 Å². The lowest BCUT2D eigenvalue weighted by molar-refractivity contribution is -0.133. The van der Waals surface area contributed by atoms with Crippen molar-refractivity contribution in [1.29, 1.82) is 0 Å². The summed E-state index contributed by atoms with van der Waals surface area (Å²) in [5.41, 5.74) is 0. The first-order chi connectivity index (χ1) is 4.75. The quantitative estimate of drug-likeness (QED) is 0.492. The molecule has 0 spiro atoms. The smallest absolute Gasteiger partial charge is 0.257 e. The monoisotopic (exact) mass is 137 g/mol. The number of hydrogen-bond donors (Lipinski definition) is 0. The molecule has 0 saturated carbocycles. The third-order valence-corrected chi connectivity index (χ3v) is 1.14. The van der Waals surface area contributed by atoms with Crippen molar-refractivity contribution in [2.45, 2.75) is 6.92 Å². The van der Waals surface area contributed by atoms with Crippen LogP contribution < -0.4 is 0 Å². The molecule has 2 amide bonds. The summed E-state index contributed by atoms with van der Waals surface area (Å²) in [7, 11) is 0. The average molecular weight is 137 g/mol. The van der Waals surface area contributed by atoms with Gasteiger partial charge >= 0.3 is 0 Å². The number of carbonyl (C=O) groups is 2. The Balaban J connectivity index is 2.79. The zero-order valence-corrected chi connectivity index (χ0v) is 5.57. The molecule has 1 heterocycles. The fraction of sp³-hybridized carbons (Fsp3) is 0.143. The predicted octanol–water partition coefficient (Wildman–Crippen LogP) is 0.445. The van der Waals surface area contributed by atoms with Crippen LogP contribution in [0.4, 0.5) is 0 Å². The molecule has 0 atom stereocenters. The molecule has 10 heavy (non-hydrogen) atoms. The zero-order valence-electron chi connectivity index (χ0n) is 5.57. The van der Waals surface area contributed by atoms with Gasteiger partial charge in [-0.3, -0.25) is 14.5 Å². The Morgan fingerprint density at radius 3 is 2.20 bits per heavy atom. The number of imide groups is 1. The molecule has 1 aliphatic rings. The van der Waals surface area contributed by atoms with E-state index in [1.165, 1.54) is 18.4 Å². The third-order valence-electron chi connectivity index (χ3n) is 1.14. The molecule has 0 fully saturated rings. The predicted molar refractivity (Wildman–Crippen MR) is 35.8 cm³/mol. The molecular formula is C7H7NO2. The van der Waals surface area contributed by atoms with E-state index in [0.29, 0.717) is 0 Å². The molecule has 0 aromatic carbocycles. The van der Waals surface area contributed by atoms with Crippen molar-refractivity contribution < 1.29 is 9.59 Å². The Morgan fingerprint density at radius 2 is 1.80 bits per heavy atom. The van der Waals surface area contributed by atoms with Gasteiger partial charge in [0.05, 0.1) is 0 Å². The van der Waals surface area contributed by atoms with Crippen molar-refractivity contribution in [1.82, 2.24) is 4.90 Å². The highest BCUT2D eigenvalue weighted by molar-refractivity contribution is 6.13. The highest BCUT2D eigenvalue weighted by Crippen LogP contribution is 2.02. The van der Waals surface area contributed by atoms with Gasteiger partial charge in [-0.15, -0.1) is 0 Å². The minimum atomic E-state index is -0.275. The first kappa shape index (κ1) is 6.74. The van der Waals surface area contributed by atoms with E-state index in [0.717, 1.165) is 4.90 Å². The summed E-state index contributed by atoms with van der Waals surface area (Å²) in [4.78, 5) is 22.5. The minimum absolute atomic E-state index is 0.275. The minimum Gasteiger partial charge on any atom is -0.269 e. The number of nitrogens with zero attached hydrogens (tertiary/aromatic N) is 1. The van der Waals surface area contributed by atoms with E-state index in [9.17, 15) is 9.59 Å². The van der Waals surface area contributed by atoms with Crippen LogP contribution >= 0.6 is 0 Å². The SMILES string of the molecule is C/C=C/N1C(=O)C=CC1=O. The lowest BCUT2D eigenvalue weighted by Gasteiger charge is -2.04. The second-order valence-corrected chi connectivity index (χ2v) is 1.86. The fourth-order valence-corrected chi connectivity index (χ4v) is 0.708. The van der Waals surface area contributed by atoms with Crippen LogP contribution in [0.5, 0.6) is 0 Å². The van der Waals surface area contributed by atoms with E-state index in [1.54, 1.807) is 13.0 Å². The normalized spacial score (nSPS) is 17.9. The Bertz CT molecular complexity index is 210. The van der Waals surface area contributed by atoms with Crippen molar-refractivity contribution in [3.8, 4) is 0 Å². The molecule has 0 aromatic rings. The van der Waals surface area contributed by atoms with Gasteiger partial charge in [-0.05, 0) is 6.92 Å². The van der Waals surface area contributed by atoms with Gasteiger partial charge in [0.2, 0.25) is 0 Å². The summed E-state index contributed by atoms with van der Waals surface area (Å²) in [6, 6.07) is 0. The van der Waals surface area contributed by atoms with Gasteiger partial charge < -0.3 is 0 Å². The molecule has 0 aliphatic carbocycles. The lowest BCUT2D eigenvalue weighted by Crippen LogP contribution is -2.23. The first-order valence-corrected chi connectivity index (χ1v) is 2.94. The van der Waals surface area contributed by atoms with Gasteiger partial charge in [0.1, 0.15) is 0 Å². The van der Waals surface area contributed by atoms with Crippen LogP contribution in [-0.2, 0) is 9.59 Å². The molecule has 1 rings (SSSR count). The van der Waals surface area contributed by atoms with Gasteiger partial charge in [0.15, 0.2) is 0 Å². The highest BCUT2D eigenvalue weighted by Gasteiger charge is 2.19. The van der Waals surface area contributed by atoms with Crippen LogP contribution in [0.3, 0.4) is 0 Å². The van der Waals surface area contributed by atoms with Crippen molar-refractivity contribution in [2.75, 3.05) is 0 Å². The van der Waals surface area contributed by atoms with Crippen LogP contribution in [0.1, 0.15) is 6.92 Å². The maximum Gasteiger partial charge on any atom is 0.257 e. The highest BCUT2D eigenvalue weighted by atomic mass is 16.2. The number of rotatable bonds is 1. The maximum atomic E-state index is 10.7. The van der Waals surface area contributed by atoms with E-state index in [1.807, 2.05) is 0 Å². The maximum absolute atomic E-state index is 10.7. The lowest BCUT2D eigenvalue weighted by atomic mass is 10.6. The summed E-state index contributed by atoms with van der Waals surface area (Å²) in [6.45, 7) is 1.75. The van der Waals surface area contributed by atoms with Gasteiger partial charge in [0.25, 0.3) is 11.8 Å². The largest absolute Gasteiger partial charge is 0.269 e. The van der Waals surface area contributed by atoms with Crippen LogP contribution in [0.25, 0.3) is 0 Å². The molecule has 0 aromatic heterocycles. The van der Waals surface area contributed by atoms with Crippen molar-refractivity contribution in [3.63, 3.8) is 0 Å². The van der Waals surface area contributed by atoms with Crippen LogP contribution in [0.2, 0.25) is 0 Å². The Labute approximate surface area is 58.6 Å². The topological polar surface area (TPSA) is 37.4 Å². The summed E-state index contributed by atoms with van der Waals surface area (Å²) >= 11 is 0. The molecule has 0 bridgehead atoms. The Hall–Kier alpha value is -1.38. The number of allylic oxidation sites excluding steroid dienone is 1. The number of amides is 2. The molecule has 0 saturated heterocycles. The summed E-state index contributed by atoms with van der Waals surface area (Å²) < 4.78 is 0. The summed E-state index contributed by atoms with van der Waals surface area (Å²) in [5.74, 6) is -0.550. The standard InChI is InChI=1S/C7H7NO2/c1-2-5-8-6(9)3-4-7(8)10/h2-5H,1H3/b5-2+. The molecule has 1 aliphatic heterocycles. The summed E-state index contributed by atoms with van der Waals surface area (Å²) in [6.07, 6.45) is 5.60. The molecule has 0 N–H and O–H groups in total. The third kappa shape index (κ3) is 0.978. The Kier molecular flexibility index (Phi) is 1.67. The molecule has 3 nitrogen and oxygen atoms in total. The van der Waals surface area contributed by atoms with Crippen LogP contribution in [-0.4, -0.2) is 16.7 Å². The van der Waals surface area contributed by atoms with Gasteiger partial charge in [-0.2, -0.15) is 0 Å². The molecule has 3 heteroatoms. The summed E-state index contributed by atoms with van der Waals surface area (Å²) in [5, 5.41) is 0. The second kappa shape index (κ2) is 2.47. The Morgan fingerprint density at radius 1 is 1.30 bits per heavy atom. The van der Waals surface area contributed by atoms with Gasteiger partial charge in [0, 0.05) is 18.4 Å². The van der Waals surface area contributed by atoms with E-state index in [4.69, 9.17) is 0 Å². The number of carbonyl (C=O) groups excluding carboxylic acids is 2. The molecule has 0 radical (unpaired) electrons. The second-order valence-electron chi connectivity index (χ2n) is 1.86. The van der Waals surface area contributed by atoms with E-state index >= 15 is 0 Å².